The number of hydrogen-bond acceptors (Lipinski definition) is 6. The van der Waals surface area contributed by atoms with Gasteiger partial charge in [-0.05, 0) is 62.6 Å². The Balaban J connectivity index is 1.54. The summed E-state index contributed by atoms with van der Waals surface area (Å²) in [5.41, 5.74) is 3.46. The molecule has 0 bridgehead atoms. The molecule has 0 unspecified atom stereocenters. The highest BCUT2D eigenvalue weighted by Gasteiger charge is 2.22. The maximum absolute atomic E-state index is 12.8. The second-order valence-electron chi connectivity index (χ2n) is 7.97. The molecule has 1 fully saturated rings. The normalized spacial score (nSPS) is 13.8. The molecule has 0 radical (unpaired) electrons. The minimum absolute atomic E-state index is 0.00218. The molecule has 4 rings (SSSR count). The molecule has 32 heavy (non-hydrogen) atoms. The molecule has 2 aromatic carbocycles. The third kappa shape index (κ3) is 5.19. The van der Waals surface area contributed by atoms with Crippen molar-refractivity contribution in [1.82, 2.24) is 14.8 Å². The Bertz CT molecular complexity index is 1090. The Morgan fingerprint density at radius 3 is 2.31 bits per heavy atom. The van der Waals surface area contributed by atoms with Gasteiger partial charge in [-0.15, -0.1) is 10.2 Å². The summed E-state index contributed by atoms with van der Waals surface area (Å²) in [5.74, 6) is 0.953. The lowest BCUT2D eigenvalue weighted by Gasteiger charge is -2.27. The minimum atomic E-state index is -0.139. The van der Waals surface area contributed by atoms with E-state index in [9.17, 15) is 9.59 Å². The number of thioether (sulfide) groups is 1. The number of aromatic nitrogens is 3. The summed E-state index contributed by atoms with van der Waals surface area (Å²) in [7, 11) is 0. The molecule has 1 amide bonds. The van der Waals surface area contributed by atoms with Gasteiger partial charge in [0.2, 0.25) is 11.9 Å². The van der Waals surface area contributed by atoms with Gasteiger partial charge in [0.1, 0.15) is 0 Å². The van der Waals surface area contributed by atoms with Crippen LogP contribution in [0.2, 0.25) is 0 Å². The van der Waals surface area contributed by atoms with E-state index in [1.54, 1.807) is 24.3 Å². The molecule has 1 aliphatic rings. The smallest absolute Gasteiger partial charge is 0.232 e. The van der Waals surface area contributed by atoms with E-state index in [1.165, 1.54) is 30.7 Å². The van der Waals surface area contributed by atoms with Crippen LogP contribution >= 0.6 is 11.8 Å². The number of carbonyl (C=O) groups is 2. The molecule has 3 aromatic rings. The van der Waals surface area contributed by atoms with E-state index in [2.05, 4.69) is 56.2 Å². The third-order valence-electron chi connectivity index (χ3n) is 5.41. The van der Waals surface area contributed by atoms with Crippen LogP contribution in [-0.2, 0) is 4.79 Å². The number of nitrogens with one attached hydrogen (secondary N) is 1. The first-order valence-electron chi connectivity index (χ1n) is 10.8. The fourth-order valence-corrected chi connectivity index (χ4v) is 4.57. The van der Waals surface area contributed by atoms with Crippen LogP contribution in [0.4, 0.5) is 11.6 Å². The molecule has 166 valence electrons. The first kappa shape index (κ1) is 22.1. The summed E-state index contributed by atoms with van der Waals surface area (Å²) >= 11 is 1.39. The van der Waals surface area contributed by atoms with E-state index < -0.39 is 0 Å². The summed E-state index contributed by atoms with van der Waals surface area (Å²) in [6.45, 7) is 5.45. The topological polar surface area (TPSA) is 80.1 Å². The molecule has 0 aliphatic carbocycles. The summed E-state index contributed by atoms with van der Waals surface area (Å²) in [5, 5.41) is 12.3. The number of benzene rings is 2. The van der Waals surface area contributed by atoms with E-state index in [0.29, 0.717) is 16.4 Å². The van der Waals surface area contributed by atoms with Gasteiger partial charge in [-0.3, -0.25) is 14.2 Å². The molecule has 8 heteroatoms. The maximum Gasteiger partial charge on any atom is 0.232 e. The highest BCUT2D eigenvalue weighted by Crippen LogP contribution is 2.29. The van der Waals surface area contributed by atoms with Gasteiger partial charge in [0.05, 0.1) is 11.4 Å². The van der Waals surface area contributed by atoms with Crippen LogP contribution in [-0.4, -0.2) is 45.3 Å². The van der Waals surface area contributed by atoms with Crippen molar-refractivity contribution < 1.29 is 9.59 Å². The number of anilines is 2. The van der Waals surface area contributed by atoms with E-state index in [1.807, 2.05) is 0 Å². The van der Waals surface area contributed by atoms with Crippen molar-refractivity contribution in [1.29, 1.82) is 0 Å². The molecule has 1 aromatic heterocycles. The maximum atomic E-state index is 12.8. The van der Waals surface area contributed by atoms with Crippen molar-refractivity contribution >= 4 is 35.1 Å². The predicted octanol–water partition coefficient (Wildman–Crippen LogP) is 4.50. The second-order valence-corrected chi connectivity index (χ2v) is 8.91. The number of piperidine rings is 1. The van der Waals surface area contributed by atoms with Crippen LogP contribution in [0, 0.1) is 6.92 Å². The van der Waals surface area contributed by atoms with Gasteiger partial charge in [0.15, 0.2) is 10.9 Å². The molecule has 0 spiro atoms. The lowest BCUT2D eigenvalue weighted by molar-refractivity contribution is -0.114. The molecule has 7 nitrogen and oxygen atoms in total. The Morgan fingerprint density at radius 1 is 0.969 bits per heavy atom. The van der Waals surface area contributed by atoms with Gasteiger partial charge >= 0.3 is 0 Å². The van der Waals surface area contributed by atoms with Crippen molar-refractivity contribution in [2.45, 2.75) is 38.3 Å². The zero-order valence-corrected chi connectivity index (χ0v) is 19.2. The van der Waals surface area contributed by atoms with E-state index in [4.69, 9.17) is 0 Å². The first-order chi connectivity index (χ1) is 15.5. The highest BCUT2D eigenvalue weighted by atomic mass is 32.2. The van der Waals surface area contributed by atoms with Gasteiger partial charge in [-0.25, -0.2) is 0 Å². The first-order valence-corrected chi connectivity index (χ1v) is 11.8. The molecule has 2 heterocycles. The second kappa shape index (κ2) is 9.99. The average Bonchev–Trinajstić information content (AvgIpc) is 3.22. The fraction of sp³-hybridized carbons (Fsp3) is 0.333. The van der Waals surface area contributed by atoms with E-state index in [0.717, 1.165) is 37.6 Å². The molecular formula is C24H27N5O2S. The van der Waals surface area contributed by atoms with Crippen LogP contribution in [0.1, 0.15) is 42.1 Å². The number of aryl methyl sites for hydroxylation is 1. The van der Waals surface area contributed by atoms with Crippen molar-refractivity contribution in [3.8, 4) is 5.69 Å². The van der Waals surface area contributed by atoms with Crippen LogP contribution in [0.3, 0.4) is 0 Å². The van der Waals surface area contributed by atoms with Gasteiger partial charge < -0.3 is 10.2 Å². The zero-order chi connectivity index (χ0) is 22.5. The van der Waals surface area contributed by atoms with Gasteiger partial charge in [0.25, 0.3) is 0 Å². The number of rotatable bonds is 7. The minimum Gasteiger partial charge on any atom is -0.341 e. The van der Waals surface area contributed by atoms with Crippen LogP contribution in [0.5, 0.6) is 0 Å². The van der Waals surface area contributed by atoms with Crippen molar-refractivity contribution in [3.05, 3.63) is 59.7 Å². The molecule has 0 atom stereocenters. The number of ketones is 1. The Morgan fingerprint density at radius 2 is 1.66 bits per heavy atom. The summed E-state index contributed by atoms with van der Waals surface area (Å²) in [6.07, 6.45) is 3.54. The monoisotopic (exact) mass is 449 g/mol. The van der Waals surface area contributed by atoms with Crippen LogP contribution in [0.15, 0.2) is 53.7 Å². The Kier molecular flexibility index (Phi) is 6.90. The Hall–Kier alpha value is -3.13. The van der Waals surface area contributed by atoms with Crippen molar-refractivity contribution in [2.24, 2.45) is 0 Å². The van der Waals surface area contributed by atoms with Gasteiger partial charge in [0, 0.05) is 31.3 Å². The van der Waals surface area contributed by atoms with E-state index in [-0.39, 0.29) is 17.4 Å². The summed E-state index contributed by atoms with van der Waals surface area (Å²) in [6, 6.07) is 15.2. The fourth-order valence-electron chi connectivity index (χ4n) is 3.73. The third-order valence-corrected chi connectivity index (χ3v) is 6.34. The number of Topliss-reactive ketones (excluding diaryl/α,β-unsaturated/α-hetero) is 1. The molecular weight excluding hydrogens is 422 g/mol. The standard InChI is InChI=1S/C24H27N5O2S/c1-17-6-12-21(13-7-17)29-23(28-14-4-3-5-15-28)26-27-24(29)32-16-22(31)19-8-10-20(11-9-19)25-18(2)30/h6-13H,3-5,14-16H2,1-2H3,(H,25,30). The van der Waals surface area contributed by atoms with Crippen LogP contribution in [0.25, 0.3) is 5.69 Å². The quantitative estimate of drug-likeness (QED) is 0.423. The number of amides is 1. The molecule has 1 N–H and O–H groups in total. The lowest BCUT2D eigenvalue weighted by atomic mass is 10.1. The highest BCUT2D eigenvalue weighted by molar-refractivity contribution is 7.99. The summed E-state index contributed by atoms with van der Waals surface area (Å²) < 4.78 is 2.06. The molecule has 0 saturated carbocycles. The van der Waals surface area contributed by atoms with E-state index >= 15 is 0 Å². The number of hydrogen-bond donors (Lipinski definition) is 1. The molecule has 1 saturated heterocycles. The Labute approximate surface area is 192 Å². The van der Waals surface area contributed by atoms with Crippen molar-refractivity contribution in [3.63, 3.8) is 0 Å². The molecule has 1 aliphatic heterocycles. The lowest BCUT2D eigenvalue weighted by Crippen LogP contribution is -2.31. The number of carbonyl (C=O) groups excluding carboxylic acids is 2. The number of nitrogens with zero attached hydrogens (tertiary/aromatic N) is 4. The zero-order valence-electron chi connectivity index (χ0n) is 18.4. The van der Waals surface area contributed by atoms with Crippen molar-refractivity contribution in [2.75, 3.05) is 29.1 Å². The predicted molar refractivity (Wildman–Crippen MR) is 128 cm³/mol. The van der Waals surface area contributed by atoms with Gasteiger partial charge in [-0.2, -0.15) is 0 Å². The van der Waals surface area contributed by atoms with Crippen LogP contribution < -0.4 is 10.2 Å². The summed E-state index contributed by atoms with van der Waals surface area (Å²) in [4.78, 5) is 26.2. The average molecular weight is 450 g/mol. The largest absolute Gasteiger partial charge is 0.341 e. The SMILES string of the molecule is CC(=O)Nc1ccc(C(=O)CSc2nnc(N3CCCCC3)n2-c2ccc(C)cc2)cc1. The van der Waals surface area contributed by atoms with Gasteiger partial charge in [-0.1, -0.05) is 29.5 Å².